The molecule has 0 aliphatic carbocycles. The maximum Gasteiger partial charge on any atom is 0.178 e. The molecule has 0 aliphatic rings. The zero-order valence-corrected chi connectivity index (χ0v) is 14.4. The van der Waals surface area contributed by atoms with Gasteiger partial charge in [0.25, 0.3) is 0 Å². The van der Waals surface area contributed by atoms with Gasteiger partial charge in [-0.1, -0.05) is 6.07 Å². The minimum Gasteiger partial charge on any atom is -0.469 e. The number of halogens is 1. The lowest BCUT2D eigenvalue weighted by Gasteiger charge is -2.20. The molecule has 6 heteroatoms. The Morgan fingerprint density at radius 1 is 1.26 bits per heavy atom. The standard InChI is InChI=1S/C17H22FNO3S/c1-12(6-8-15-5-4-10-22-15)19-13(2)14-7-9-17(16(18)11-14)23(3,20)21/h4-5,7,9-13,19H,6,8H2,1-3H3/t12-,13-/m1/s1. The summed E-state index contributed by atoms with van der Waals surface area (Å²) in [5.41, 5.74) is 0.722. The highest BCUT2D eigenvalue weighted by Crippen LogP contribution is 2.21. The van der Waals surface area contributed by atoms with Crippen LogP contribution in [-0.2, 0) is 16.3 Å². The van der Waals surface area contributed by atoms with Gasteiger partial charge in [0, 0.05) is 24.8 Å². The van der Waals surface area contributed by atoms with Gasteiger partial charge in [-0.05, 0) is 50.1 Å². The van der Waals surface area contributed by atoms with Crippen LogP contribution in [0.25, 0.3) is 0 Å². The van der Waals surface area contributed by atoms with Gasteiger partial charge < -0.3 is 9.73 Å². The average Bonchev–Trinajstić information content (AvgIpc) is 2.96. The zero-order valence-electron chi connectivity index (χ0n) is 13.5. The van der Waals surface area contributed by atoms with Crippen LogP contribution in [0, 0.1) is 5.82 Å². The van der Waals surface area contributed by atoms with E-state index in [-0.39, 0.29) is 17.0 Å². The van der Waals surface area contributed by atoms with Crippen LogP contribution in [-0.4, -0.2) is 20.7 Å². The summed E-state index contributed by atoms with van der Waals surface area (Å²) in [5, 5.41) is 3.39. The van der Waals surface area contributed by atoms with Crippen LogP contribution in [0.3, 0.4) is 0 Å². The molecule has 126 valence electrons. The Labute approximate surface area is 136 Å². The van der Waals surface area contributed by atoms with Gasteiger partial charge >= 0.3 is 0 Å². The maximum atomic E-state index is 14.0. The average molecular weight is 339 g/mol. The van der Waals surface area contributed by atoms with Gasteiger partial charge in [0.05, 0.1) is 6.26 Å². The van der Waals surface area contributed by atoms with E-state index in [2.05, 4.69) is 12.2 Å². The quantitative estimate of drug-likeness (QED) is 0.839. The fraction of sp³-hybridized carbons (Fsp3) is 0.412. The summed E-state index contributed by atoms with van der Waals surface area (Å²) in [6, 6.07) is 8.20. The number of nitrogens with one attached hydrogen (secondary N) is 1. The molecule has 0 fully saturated rings. The molecule has 2 aromatic rings. The van der Waals surface area contributed by atoms with Crippen molar-refractivity contribution >= 4 is 9.84 Å². The molecule has 1 aromatic carbocycles. The van der Waals surface area contributed by atoms with Crippen LogP contribution in [0.15, 0.2) is 45.9 Å². The van der Waals surface area contributed by atoms with Crippen molar-refractivity contribution in [3.8, 4) is 0 Å². The summed E-state index contributed by atoms with van der Waals surface area (Å²) in [7, 11) is -3.54. The molecule has 1 aromatic heterocycles. The summed E-state index contributed by atoms with van der Waals surface area (Å²) in [4.78, 5) is -0.265. The van der Waals surface area contributed by atoms with Crippen molar-refractivity contribution < 1.29 is 17.2 Å². The van der Waals surface area contributed by atoms with E-state index in [0.29, 0.717) is 0 Å². The lowest BCUT2D eigenvalue weighted by molar-refractivity contribution is 0.429. The lowest BCUT2D eigenvalue weighted by atomic mass is 10.1. The normalized spacial score (nSPS) is 14.6. The third-order valence-electron chi connectivity index (χ3n) is 3.79. The molecule has 23 heavy (non-hydrogen) atoms. The minimum atomic E-state index is -3.54. The molecule has 0 amide bonds. The Bertz CT molecular complexity index is 741. The first-order valence-electron chi connectivity index (χ1n) is 7.55. The highest BCUT2D eigenvalue weighted by Gasteiger charge is 2.16. The monoisotopic (exact) mass is 339 g/mol. The highest BCUT2D eigenvalue weighted by molar-refractivity contribution is 7.90. The van der Waals surface area contributed by atoms with E-state index in [1.54, 1.807) is 12.3 Å². The summed E-state index contributed by atoms with van der Waals surface area (Å²) in [5.74, 6) is 0.233. The van der Waals surface area contributed by atoms with Gasteiger partial charge in [-0.3, -0.25) is 0 Å². The molecule has 1 N–H and O–H groups in total. The minimum absolute atomic E-state index is 0.0790. The first kappa shape index (κ1) is 17.7. The predicted molar refractivity (Wildman–Crippen MR) is 87.6 cm³/mol. The third kappa shape index (κ3) is 4.91. The summed E-state index contributed by atoms with van der Waals surface area (Å²) in [6.07, 6.45) is 4.38. The van der Waals surface area contributed by atoms with E-state index < -0.39 is 15.7 Å². The first-order chi connectivity index (χ1) is 10.8. The molecule has 4 nitrogen and oxygen atoms in total. The molecule has 0 aliphatic heterocycles. The molecule has 2 atom stereocenters. The lowest BCUT2D eigenvalue weighted by Crippen LogP contribution is -2.29. The van der Waals surface area contributed by atoms with Crippen molar-refractivity contribution in [2.75, 3.05) is 6.26 Å². The number of rotatable bonds is 7. The van der Waals surface area contributed by atoms with Crippen LogP contribution >= 0.6 is 0 Å². The third-order valence-corrected chi connectivity index (χ3v) is 4.92. The van der Waals surface area contributed by atoms with Crippen LogP contribution in [0.4, 0.5) is 4.39 Å². The summed E-state index contributed by atoms with van der Waals surface area (Å²) >= 11 is 0. The van der Waals surface area contributed by atoms with E-state index in [1.165, 1.54) is 12.1 Å². The van der Waals surface area contributed by atoms with Crippen molar-refractivity contribution in [1.29, 1.82) is 0 Å². The van der Waals surface area contributed by atoms with Crippen molar-refractivity contribution in [3.05, 3.63) is 53.7 Å². The van der Waals surface area contributed by atoms with Crippen LogP contribution in [0.5, 0.6) is 0 Å². The maximum absolute atomic E-state index is 14.0. The van der Waals surface area contributed by atoms with E-state index in [9.17, 15) is 12.8 Å². The molecule has 0 unspecified atom stereocenters. The molecule has 0 saturated carbocycles. The van der Waals surface area contributed by atoms with Gasteiger partial charge in [0.1, 0.15) is 16.5 Å². The second-order valence-corrected chi connectivity index (χ2v) is 7.85. The fourth-order valence-electron chi connectivity index (χ4n) is 2.51. The van der Waals surface area contributed by atoms with Gasteiger partial charge in [-0.2, -0.15) is 0 Å². The van der Waals surface area contributed by atoms with Crippen molar-refractivity contribution in [2.45, 2.75) is 43.7 Å². The Hall–Kier alpha value is -1.66. The van der Waals surface area contributed by atoms with Crippen molar-refractivity contribution in [2.24, 2.45) is 0 Å². The highest BCUT2D eigenvalue weighted by atomic mass is 32.2. The van der Waals surface area contributed by atoms with Gasteiger partial charge in [0.15, 0.2) is 9.84 Å². The summed E-state index contributed by atoms with van der Waals surface area (Å²) in [6.45, 7) is 3.99. The second-order valence-electron chi connectivity index (χ2n) is 5.87. The Kier molecular flexibility index (Phi) is 5.59. The molecular weight excluding hydrogens is 317 g/mol. The molecular formula is C17H22FNO3S. The fourth-order valence-corrected chi connectivity index (χ4v) is 3.24. The van der Waals surface area contributed by atoms with E-state index in [1.807, 2.05) is 19.1 Å². The number of hydrogen-bond donors (Lipinski definition) is 1. The topological polar surface area (TPSA) is 59.3 Å². The number of aryl methyl sites for hydroxylation is 1. The number of furan rings is 1. The Balaban J connectivity index is 1.97. The molecule has 0 radical (unpaired) electrons. The molecule has 1 heterocycles. The molecule has 2 rings (SSSR count). The smallest absolute Gasteiger partial charge is 0.178 e. The van der Waals surface area contributed by atoms with E-state index >= 15 is 0 Å². The van der Waals surface area contributed by atoms with Gasteiger partial charge in [-0.25, -0.2) is 12.8 Å². The summed E-state index contributed by atoms with van der Waals surface area (Å²) < 4.78 is 42.2. The van der Waals surface area contributed by atoms with Crippen molar-refractivity contribution in [3.63, 3.8) is 0 Å². The van der Waals surface area contributed by atoms with Gasteiger partial charge in [-0.15, -0.1) is 0 Å². The van der Waals surface area contributed by atoms with Crippen LogP contribution in [0.2, 0.25) is 0 Å². The number of sulfone groups is 1. The first-order valence-corrected chi connectivity index (χ1v) is 9.44. The van der Waals surface area contributed by atoms with E-state index in [0.717, 1.165) is 30.4 Å². The van der Waals surface area contributed by atoms with Gasteiger partial charge in [0.2, 0.25) is 0 Å². The molecule has 0 bridgehead atoms. The van der Waals surface area contributed by atoms with Crippen LogP contribution in [0.1, 0.15) is 37.6 Å². The second kappa shape index (κ2) is 7.27. The van der Waals surface area contributed by atoms with E-state index in [4.69, 9.17) is 4.42 Å². The largest absolute Gasteiger partial charge is 0.469 e. The SMILES string of the molecule is C[C@H](CCc1ccco1)N[C@H](C)c1ccc(S(C)(=O)=O)c(F)c1. The Morgan fingerprint density at radius 2 is 2.00 bits per heavy atom. The van der Waals surface area contributed by atoms with Crippen LogP contribution < -0.4 is 5.32 Å². The predicted octanol–water partition coefficient (Wildman–Crippen LogP) is 3.49. The molecule has 0 saturated heterocycles. The molecule has 0 spiro atoms. The number of benzene rings is 1. The van der Waals surface area contributed by atoms with Crippen molar-refractivity contribution in [1.82, 2.24) is 5.32 Å². The number of hydrogen-bond acceptors (Lipinski definition) is 4. The Morgan fingerprint density at radius 3 is 2.57 bits per heavy atom. The zero-order chi connectivity index (χ0) is 17.0.